The van der Waals surface area contributed by atoms with Crippen LogP contribution in [0.25, 0.3) is 0 Å². The molecule has 1 aromatic rings. The van der Waals surface area contributed by atoms with Gasteiger partial charge in [-0.2, -0.15) is 0 Å². The molecule has 1 unspecified atom stereocenters. The Morgan fingerprint density at radius 1 is 1.00 bits per heavy atom. The minimum Gasteiger partial charge on any atom is -0.385 e. The molecule has 0 aromatic heterocycles. The predicted molar refractivity (Wildman–Crippen MR) is 64.8 cm³/mol. The van der Waals surface area contributed by atoms with Crippen molar-refractivity contribution in [2.45, 2.75) is 46.6 Å². The second-order valence-electron chi connectivity index (χ2n) is 5.88. The standard InChI is InChI=1S/C14H22O/c1-11-6-8-12(9-7-11)14(5,15)10-13(2,3)4/h6-9,15H,10H2,1-5H3. The average molecular weight is 206 g/mol. The maximum Gasteiger partial charge on any atom is 0.0873 e. The summed E-state index contributed by atoms with van der Waals surface area (Å²) in [6.07, 6.45) is 0.767. The second kappa shape index (κ2) is 3.97. The summed E-state index contributed by atoms with van der Waals surface area (Å²) in [4.78, 5) is 0. The van der Waals surface area contributed by atoms with Crippen molar-refractivity contribution in [1.82, 2.24) is 0 Å². The number of aryl methyl sites for hydroxylation is 1. The Kier molecular flexibility index (Phi) is 3.25. The molecule has 0 heterocycles. The van der Waals surface area contributed by atoms with Gasteiger partial charge in [-0.25, -0.2) is 0 Å². The summed E-state index contributed by atoms with van der Waals surface area (Å²) in [5.74, 6) is 0. The molecule has 0 saturated carbocycles. The number of hydrogen-bond donors (Lipinski definition) is 1. The Labute approximate surface area is 93.1 Å². The van der Waals surface area contributed by atoms with E-state index in [1.165, 1.54) is 5.56 Å². The molecule has 1 rings (SSSR count). The zero-order chi connectivity index (χ0) is 11.7. The van der Waals surface area contributed by atoms with Gasteiger partial charge in [-0.05, 0) is 31.2 Å². The van der Waals surface area contributed by atoms with Crippen LogP contribution >= 0.6 is 0 Å². The molecular formula is C14H22O. The van der Waals surface area contributed by atoms with Gasteiger partial charge in [0.05, 0.1) is 5.60 Å². The molecule has 1 aromatic carbocycles. The molecule has 0 fully saturated rings. The maximum atomic E-state index is 10.4. The van der Waals surface area contributed by atoms with Crippen molar-refractivity contribution >= 4 is 0 Å². The first-order valence-corrected chi connectivity index (χ1v) is 5.50. The van der Waals surface area contributed by atoms with E-state index in [0.29, 0.717) is 0 Å². The van der Waals surface area contributed by atoms with Crippen LogP contribution in [0, 0.1) is 12.3 Å². The third-order valence-electron chi connectivity index (χ3n) is 2.55. The quantitative estimate of drug-likeness (QED) is 0.783. The topological polar surface area (TPSA) is 20.2 Å². The first-order valence-electron chi connectivity index (χ1n) is 5.50. The smallest absolute Gasteiger partial charge is 0.0873 e. The third kappa shape index (κ3) is 3.67. The fourth-order valence-corrected chi connectivity index (χ4v) is 2.05. The van der Waals surface area contributed by atoms with E-state index in [0.717, 1.165) is 12.0 Å². The van der Waals surface area contributed by atoms with Gasteiger partial charge in [-0.3, -0.25) is 0 Å². The SMILES string of the molecule is Cc1ccc(C(C)(O)CC(C)(C)C)cc1. The van der Waals surface area contributed by atoms with Gasteiger partial charge in [0, 0.05) is 0 Å². The van der Waals surface area contributed by atoms with E-state index in [1.807, 2.05) is 31.2 Å². The summed E-state index contributed by atoms with van der Waals surface area (Å²) in [5.41, 5.74) is 1.63. The molecule has 0 spiro atoms. The van der Waals surface area contributed by atoms with E-state index in [4.69, 9.17) is 0 Å². The molecule has 0 saturated heterocycles. The Balaban J connectivity index is 2.90. The lowest BCUT2D eigenvalue weighted by atomic mass is 9.79. The fourth-order valence-electron chi connectivity index (χ4n) is 2.05. The normalized spacial score (nSPS) is 16.1. The molecule has 0 amide bonds. The fraction of sp³-hybridized carbons (Fsp3) is 0.571. The van der Waals surface area contributed by atoms with Crippen LogP contribution in [0.2, 0.25) is 0 Å². The monoisotopic (exact) mass is 206 g/mol. The Hall–Kier alpha value is -0.820. The molecule has 1 nitrogen and oxygen atoms in total. The Morgan fingerprint density at radius 2 is 1.47 bits per heavy atom. The van der Waals surface area contributed by atoms with Crippen LogP contribution in [-0.2, 0) is 5.60 Å². The highest BCUT2D eigenvalue weighted by atomic mass is 16.3. The van der Waals surface area contributed by atoms with Crippen LogP contribution in [0.4, 0.5) is 0 Å². The summed E-state index contributed by atoms with van der Waals surface area (Å²) in [6, 6.07) is 8.13. The molecule has 1 atom stereocenters. The molecule has 0 bridgehead atoms. The van der Waals surface area contributed by atoms with E-state index in [2.05, 4.69) is 27.7 Å². The molecule has 0 aliphatic heterocycles. The van der Waals surface area contributed by atoms with E-state index >= 15 is 0 Å². The van der Waals surface area contributed by atoms with Crippen molar-refractivity contribution in [1.29, 1.82) is 0 Å². The number of rotatable bonds is 2. The Morgan fingerprint density at radius 3 is 1.87 bits per heavy atom. The van der Waals surface area contributed by atoms with E-state index in [9.17, 15) is 5.11 Å². The zero-order valence-electron chi connectivity index (χ0n) is 10.5. The first kappa shape index (κ1) is 12.3. The van der Waals surface area contributed by atoms with Crippen molar-refractivity contribution in [3.8, 4) is 0 Å². The highest BCUT2D eigenvalue weighted by Crippen LogP contribution is 2.34. The van der Waals surface area contributed by atoms with E-state index in [-0.39, 0.29) is 5.41 Å². The molecule has 0 radical (unpaired) electrons. The van der Waals surface area contributed by atoms with Crippen molar-refractivity contribution in [2.24, 2.45) is 5.41 Å². The minimum atomic E-state index is -0.730. The second-order valence-corrected chi connectivity index (χ2v) is 5.88. The van der Waals surface area contributed by atoms with Crippen LogP contribution in [0.15, 0.2) is 24.3 Å². The molecule has 84 valence electrons. The number of aliphatic hydroxyl groups is 1. The summed E-state index contributed by atoms with van der Waals surface area (Å²) in [5, 5.41) is 10.4. The highest BCUT2D eigenvalue weighted by Gasteiger charge is 2.28. The van der Waals surface area contributed by atoms with Gasteiger partial charge in [0.1, 0.15) is 0 Å². The molecule has 1 N–H and O–H groups in total. The molecule has 0 aliphatic rings. The van der Waals surface area contributed by atoms with Gasteiger partial charge in [-0.15, -0.1) is 0 Å². The number of hydrogen-bond acceptors (Lipinski definition) is 1. The van der Waals surface area contributed by atoms with Gasteiger partial charge in [0.25, 0.3) is 0 Å². The van der Waals surface area contributed by atoms with Crippen LogP contribution in [0.5, 0.6) is 0 Å². The maximum absolute atomic E-state index is 10.4. The summed E-state index contributed by atoms with van der Waals surface area (Å²) in [7, 11) is 0. The van der Waals surface area contributed by atoms with Crippen molar-refractivity contribution in [3.05, 3.63) is 35.4 Å². The summed E-state index contributed by atoms with van der Waals surface area (Å²) in [6.45, 7) is 10.4. The predicted octanol–water partition coefficient (Wildman–Crippen LogP) is 3.64. The Bertz CT molecular complexity index is 314. The van der Waals surface area contributed by atoms with Gasteiger partial charge in [-0.1, -0.05) is 50.6 Å². The summed E-state index contributed by atoms with van der Waals surface area (Å²) < 4.78 is 0. The lowest BCUT2D eigenvalue weighted by Crippen LogP contribution is -2.27. The average Bonchev–Trinajstić information content (AvgIpc) is 2.00. The van der Waals surface area contributed by atoms with Gasteiger partial charge < -0.3 is 5.11 Å². The van der Waals surface area contributed by atoms with Crippen molar-refractivity contribution < 1.29 is 5.11 Å². The molecule has 0 aliphatic carbocycles. The van der Waals surface area contributed by atoms with Crippen LogP contribution in [-0.4, -0.2) is 5.11 Å². The lowest BCUT2D eigenvalue weighted by molar-refractivity contribution is 0.0151. The minimum absolute atomic E-state index is 0.133. The van der Waals surface area contributed by atoms with Crippen molar-refractivity contribution in [3.63, 3.8) is 0 Å². The van der Waals surface area contributed by atoms with Crippen molar-refractivity contribution in [2.75, 3.05) is 0 Å². The lowest BCUT2D eigenvalue weighted by Gasteiger charge is -2.31. The van der Waals surface area contributed by atoms with E-state index in [1.54, 1.807) is 0 Å². The van der Waals surface area contributed by atoms with E-state index < -0.39 is 5.60 Å². The molecule has 15 heavy (non-hydrogen) atoms. The first-order chi connectivity index (χ1) is 6.71. The van der Waals surface area contributed by atoms with Gasteiger partial charge in [0.15, 0.2) is 0 Å². The summed E-state index contributed by atoms with van der Waals surface area (Å²) >= 11 is 0. The van der Waals surface area contributed by atoms with Crippen LogP contribution in [0.1, 0.15) is 45.2 Å². The van der Waals surface area contributed by atoms with Gasteiger partial charge >= 0.3 is 0 Å². The third-order valence-corrected chi connectivity index (χ3v) is 2.55. The van der Waals surface area contributed by atoms with Crippen LogP contribution < -0.4 is 0 Å². The molecule has 1 heteroatoms. The van der Waals surface area contributed by atoms with Gasteiger partial charge in [0.2, 0.25) is 0 Å². The molecular weight excluding hydrogens is 184 g/mol. The highest BCUT2D eigenvalue weighted by molar-refractivity contribution is 5.26. The van der Waals surface area contributed by atoms with Crippen LogP contribution in [0.3, 0.4) is 0 Å². The zero-order valence-corrected chi connectivity index (χ0v) is 10.5. The largest absolute Gasteiger partial charge is 0.385 e. The number of benzene rings is 1.